The van der Waals surface area contributed by atoms with E-state index in [4.69, 9.17) is 5.21 Å². The summed E-state index contributed by atoms with van der Waals surface area (Å²) < 4.78 is 23.7. The fraction of sp³-hybridized carbons (Fsp3) is 0.524. The summed E-state index contributed by atoms with van der Waals surface area (Å²) in [7, 11) is -3.83. The molecule has 0 saturated heterocycles. The molecule has 1 aromatic heterocycles. The van der Waals surface area contributed by atoms with Crippen molar-refractivity contribution in [3.63, 3.8) is 0 Å². The highest BCUT2D eigenvalue weighted by molar-refractivity contribution is 7.92. The van der Waals surface area contributed by atoms with Gasteiger partial charge in [-0.1, -0.05) is 18.8 Å². The number of sulfone groups is 1. The number of hydrogen-bond acceptors (Lipinski definition) is 6. The lowest BCUT2D eigenvalue weighted by atomic mass is 10.1. The van der Waals surface area contributed by atoms with Gasteiger partial charge in [0.15, 0.2) is 14.6 Å². The number of hydrogen-bond donors (Lipinski definition) is 3. The van der Waals surface area contributed by atoms with Crippen molar-refractivity contribution in [2.24, 2.45) is 11.3 Å². The van der Waals surface area contributed by atoms with Crippen molar-refractivity contribution >= 4 is 21.8 Å². The van der Waals surface area contributed by atoms with Gasteiger partial charge in [0, 0.05) is 48.2 Å². The molecule has 0 unspecified atom stereocenters. The largest absolute Gasteiger partial charge is 0.396 e. The van der Waals surface area contributed by atoms with Crippen LogP contribution >= 0.6 is 0 Å². The molecular weight excluding hydrogens is 422 g/mol. The lowest BCUT2D eigenvalue weighted by molar-refractivity contribution is -0.131. The summed E-state index contributed by atoms with van der Waals surface area (Å²) in [4.78, 5) is 26.0. The van der Waals surface area contributed by atoms with Crippen LogP contribution in [0.5, 0.6) is 0 Å². The Bertz CT molecular complexity index is 1150. The molecule has 0 bridgehead atoms. The highest BCUT2D eigenvalue weighted by Gasteiger charge is 2.48. The van der Waals surface area contributed by atoms with E-state index >= 15 is 0 Å². The average Bonchev–Trinajstić information content (AvgIpc) is 3.05. The van der Waals surface area contributed by atoms with Crippen molar-refractivity contribution in [1.29, 1.82) is 0 Å². The molecule has 1 fully saturated rings. The molecule has 3 rings (SSSR count). The zero-order valence-electron chi connectivity index (χ0n) is 17.6. The number of aromatic nitrogens is 1. The van der Waals surface area contributed by atoms with Crippen molar-refractivity contribution in [1.82, 2.24) is 14.9 Å². The summed E-state index contributed by atoms with van der Waals surface area (Å²) in [5, 5.41) is 18.1. The first kappa shape index (κ1) is 22.9. The molecule has 31 heavy (non-hydrogen) atoms. The van der Waals surface area contributed by atoms with Crippen molar-refractivity contribution in [3.05, 3.63) is 23.5 Å². The van der Waals surface area contributed by atoms with Gasteiger partial charge in [-0.15, -0.1) is 0 Å². The Morgan fingerprint density at radius 2 is 2.13 bits per heavy atom. The molecule has 1 saturated carbocycles. The Morgan fingerprint density at radius 3 is 2.68 bits per heavy atom. The number of nitrogens with one attached hydrogen (secondary N) is 1. The first-order valence-corrected chi connectivity index (χ1v) is 11.6. The maximum Gasteiger partial charge on any atom is 0.328 e. The number of aliphatic hydroxyl groups excluding tert-OH is 1. The first-order valence-electron chi connectivity index (χ1n) is 9.72. The number of amides is 2. The SMILES string of the molecule is C[C@]1(CO)C[C@@H]1C#CC#Cc1cc2n(c1)C(=O)N(CC[C@](C)(C(=O)NO)S(C)(=O)=O)C2. The zero-order valence-corrected chi connectivity index (χ0v) is 18.4. The van der Waals surface area contributed by atoms with Gasteiger partial charge in [-0.05, 0) is 37.7 Å². The number of hydroxylamine groups is 1. The Kier molecular flexibility index (Phi) is 5.94. The summed E-state index contributed by atoms with van der Waals surface area (Å²) in [6, 6.07) is 1.42. The van der Waals surface area contributed by atoms with Crippen LogP contribution in [0.4, 0.5) is 4.79 Å². The third-order valence-electron chi connectivity index (χ3n) is 6.22. The van der Waals surface area contributed by atoms with Gasteiger partial charge in [0.1, 0.15) is 0 Å². The Hall–Kier alpha value is -2.79. The Balaban J connectivity index is 1.64. The molecule has 2 heterocycles. The number of rotatable bonds is 6. The Labute approximate surface area is 181 Å². The van der Waals surface area contributed by atoms with Crippen LogP contribution in [-0.4, -0.2) is 64.3 Å². The molecule has 3 N–H and O–H groups in total. The fourth-order valence-corrected chi connectivity index (χ4v) is 4.28. The summed E-state index contributed by atoms with van der Waals surface area (Å²) in [6.07, 6.45) is 3.21. The molecule has 2 amide bonds. The van der Waals surface area contributed by atoms with Crippen molar-refractivity contribution < 1.29 is 28.3 Å². The van der Waals surface area contributed by atoms with Crippen LogP contribution in [0.1, 0.15) is 37.9 Å². The van der Waals surface area contributed by atoms with E-state index in [2.05, 4.69) is 23.7 Å². The van der Waals surface area contributed by atoms with Gasteiger partial charge in [0.05, 0.1) is 6.54 Å². The zero-order chi connectivity index (χ0) is 23.0. The van der Waals surface area contributed by atoms with E-state index < -0.39 is 20.5 Å². The topological polar surface area (TPSA) is 129 Å². The monoisotopic (exact) mass is 447 g/mol. The normalized spacial score (nSPS) is 23.7. The number of carbonyl (C=O) groups is 2. The van der Waals surface area contributed by atoms with E-state index in [1.165, 1.54) is 21.9 Å². The number of nitrogens with zero attached hydrogens (tertiary/aromatic N) is 2. The van der Waals surface area contributed by atoms with Gasteiger partial charge in [-0.3, -0.25) is 14.6 Å². The van der Waals surface area contributed by atoms with Crippen molar-refractivity contribution in [3.8, 4) is 23.7 Å². The quantitative estimate of drug-likeness (QED) is 0.328. The molecule has 166 valence electrons. The van der Waals surface area contributed by atoms with Gasteiger partial charge in [0.25, 0.3) is 5.91 Å². The van der Waals surface area contributed by atoms with Gasteiger partial charge < -0.3 is 10.0 Å². The van der Waals surface area contributed by atoms with Crippen LogP contribution in [0.25, 0.3) is 0 Å². The second-order valence-corrected chi connectivity index (χ2v) is 11.0. The van der Waals surface area contributed by atoms with Crippen LogP contribution in [0, 0.1) is 35.0 Å². The molecule has 1 aromatic rings. The molecule has 10 heteroatoms. The van der Waals surface area contributed by atoms with Crippen LogP contribution in [0.3, 0.4) is 0 Å². The molecule has 3 atom stereocenters. The van der Waals surface area contributed by atoms with Crippen molar-refractivity contribution in [2.45, 2.75) is 38.0 Å². The fourth-order valence-electron chi connectivity index (χ4n) is 3.43. The molecular formula is C21H25N3O6S. The van der Waals surface area contributed by atoms with E-state index in [-0.39, 0.29) is 43.5 Å². The van der Waals surface area contributed by atoms with E-state index in [0.29, 0.717) is 11.3 Å². The van der Waals surface area contributed by atoms with Gasteiger partial charge >= 0.3 is 6.03 Å². The average molecular weight is 448 g/mol. The molecule has 0 radical (unpaired) electrons. The first-order chi connectivity index (χ1) is 14.4. The molecule has 0 aromatic carbocycles. The van der Waals surface area contributed by atoms with Crippen molar-refractivity contribution in [2.75, 3.05) is 19.4 Å². The van der Waals surface area contributed by atoms with Crippen LogP contribution in [0.15, 0.2) is 12.3 Å². The molecule has 0 spiro atoms. The minimum Gasteiger partial charge on any atom is -0.396 e. The van der Waals surface area contributed by atoms with Crippen LogP contribution in [-0.2, 0) is 21.2 Å². The minimum absolute atomic E-state index is 0.0228. The third-order valence-corrected chi connectivity index (χ3v) is 8.24. The smallest absolute Gasteiger partial charge is 0.328 e. The molecule has 2 aliphatic rings. The molecule has 1 aliphatic carbocycles. The molecule has 1 aliphatic heterocycles. The van der Waals surface area contributed by atoms with E-state index in [1.807, 2.05) is 6.92 Å². The van der Waals surface area contributed by atoms with E-state index in [9.17, 15) is 23.1 Å². The summed E-state index contributed by atoms with van der Waals surface area (Å²) >= 11 is 0. The van der Waals surface area contributed by atoms with Crippen LogP contribution < -0.4 is 5.48 Å². The summed E-state index contributed by atoms with van der Waals surface area (Å²) in [5.41, 5.74) is 2.61. The lowest BCUT2D eigenvalue weighted by Crippen LogP contribution is -2.50. The third kappa shape index (κ3) is 4.33. The standard InChI is InChI=1S/C21H25N3O6S/c1-20(14-25)11-16(20)7-5-4-6-15-10-17-13-23(19(27)24(17)12-15)9-8-21(2,18(26)22-28)31(3,29)30/h10,12,16,25,28H,8-9,11,13-14H2,1-3H3,(H,22,26)/t16-,20+,21+/m0/s1. The predicted molar refractivity (Wildman–Crippen MR) is 111 cm³/mol. The molecule has 9 nitrogen and oxygen atoms in total. The maximum absolute atomic E-state index is 12.6. The minimum atomic E-state index is -3.83. The number of carbonyl (C=O) groups excluding carboxylic acids is 2. The van der Waals surface area contributed by atoms with E-state index in [0.717, 1.165) is 12.7 Å². The van der Waals surface area contributed by atoms with Gasteiger partial charge in [0.2, 0.25) is 0 Å². The van der Waals surface area contributed by atoms with E-state index in [1.54, 1.807) is 12.3 Å². The summed E-state index contributed by atoms with van der Waals surface area (Å²) in [5.74, 6) is 10.6. The maximum atomic E-state index is 12.6. The number of fused-ring (bicyclic) bond motifs is 1. The van der Waals surface area contributed by atoms with Gasteiger partial charge in [-0.25, -0.2) is 18.7 Å². The second kappa shape index (κ2) is 8.04. The highest BCUT2D eigenvalue weighted by atomic mass is 32.2. The second-order valence-electron chi connectivity index (χ2n) is 8.58. The predicted octanol–water partition coefficient (Wildman–Crippen LogP) is 0.344. The Morgan fingerprint density at radius 1 is 1.42 bits per heavy atom. The summed E-state index contributed by atoms with van der Waals surface area (Å²) in [6.45, 7) is 3.58. The van der Waals surface area contributed by atoms with Gasteiger partial charge in [-0.2, -0.15) is 0 Å². The lowest BCUT2D eigenvalue weighted by Gasteiger charge is -2.27. The number of aliphatic hydroxyl groups is 1. The van der Waals surface area contributed by atoms with Crippen LogP contribution in [0.2, 0.25) is 0 Å². The highest BCUT2D eigenvalue weighted by Crippen LogP contribution is 2.51.